The van der Waals surface area contributed by atoms with Crippen LogP contribution in [0, 0.1) is 6.92 Å². The molecule has 1 N–H and O–H groups in total. The molecule has 0 aromatic heterocycles. The van der Waals surface area contributed by atoms with Crippen molar-refractivity contribution in [2.24, 2.45) is 0 Å². The van der Waals surface area contributed by atoms with E-state index < -0.39 is 5.97 Å². The summed E-state index contributed by atoms with van der Waals surface area (Å²) in [6.45, 7) is 14.0. The van der Waals surface area contributed by atoms with Gasteiger partial charge in [0.05, 0.1) is 5.56 Å². The van der Waals surface area contributed by atoms with Crippen LogP contribution in [-0.2, 0) is 17.3 Å². The van der Waals surface area contributed by atoms with Crippen LogP contribution in [0.1, 0.15) is 91.6 Å². The number of carboxylic acids is 1. The van der Waals surface area contributed by atoms with Gasteiger partial charge in [0, 0.05) is 0 Å². The van der Waals surface area contributed by atoms with Crippen LogP contribution in [0.4, 0.5) is 0 Å². The molecule has 0 spiro atoms. The monoisotopic (exact) mass is 364 g/mol. The zero-order valence-electron chi connectivity index (χ0n) is 17.5. The third-order valence-electron chi connectivity index (χ3n) is 6.51. The zero-order valence-corrected chi connectivity index (χ0v) is 17.5. The summed E-state index contributed by atoms with van der Waals surface area (Å²) in [6.07, 6.45) is 3.38. The first kappa shape index (κ1) is 19.7. The highest BCUT2D eigenvalue weighted by molar-refractivity contribution is 5.87. The Morgan fingerprint density at radius 2 is 1.52 bits per heavy atom. The van der Waals surface area contributed by atoms with Crippen molar-refractivity contribution in [1.29, 1.82) is 0 Å². The van der Waals surface area contributed by atoms with Gasteiger partial charge in [-0.1, -0.05) is 58.9 Å². The number of carbonyl (C=O) groups is 1. The van der Waals surface area contributed by atoms with Gasteiger partial charge in [0.1, 0.15) is 0 Å². The molecular formula is C25H32O2. The average molecular weight is 365 g/mol. The highest BCUT2D eigenvalue weighted by atomic mass is 16.4. The third kappa shape index (κ3) is 3.81. The molecule has 0 saturated heterocycles. The van der Waals surface area contributed by atoms with E-state index >= 15 is 0 Å². The third-order valence-corrected chi connectivity index (χ3v) is 6.51. The highest BCUT2D eigenvalue weighted by Gasteiger charge is 2.37. The van der Waals surface area contributed by atoms with Gasteiger partial charge in [-0.05, 0) is 82.9 Å². The van der Waals surface area contributed by atoms with Crippen LogP contribution in [-0.4, -0.2) is 11.1 Å². The van der Waals surface area contributed by atoms with Crippen molar-refractivity contribution in [2.45, 2.75) is 77.6 Å². The van der Waals surface area contributed by atoms with Gasteiger partial charge in [0.2, 0.25) is 0 Å². The van der Waals surface area contributed by atoms with Gasteiger partial charge in [-0.3, -0.25) is 0 Å². The largest absolute Gasteiger partial charge is 0.478 e. The van der Waals surface area contributed by atoms with Crippen LogP contribution in [0.5, 0.6) is 0 Å². The molecule has 0 saturated carbocycles. The molecule has 0 bridgehead atoms. The summed E-state index contributed by atoms with van der Waals surface area (Å²) >= 11 is 0. The van der Waals surface area contributed by atoms with Crippen molar-refractivity contribution in [1.82, 2.24) is 0 Å². The summed E-state index contributed by atoms with van der Waals surface area (Å²) in [4.78, 5) is 11.1. The fourth-order valence-corrected chi connectivity index (χ4v) is 4.52. The second-order valence-electron chi connectivity index (χ2n) is 9.63. The zero-order chi connectivity index (χ0) is 20.0. The fraction of sp³-hybridized carbons (Fsp3) is 0.480. The van der Waals surface area contributed by atoms with E-state index in [2.05, 4.69) is 53.7 Å². The lowest BCUT2D eigenvalue weighted by molar-refractivity contribution is 0.0697. The molecule has 0 heterocycles. The number of rotatable bonds is 4. The maximum Gasteiger partial charge on any atom is 0.335 e. The summed E-state index contributed by atoms with van der Waals surface area (Å²) in [7, 11) is 0. The Bertz CT molecular complexity index is 857. The molecule has 0 amide bonds. The molecule has 1 unspecified atom stereocenters. The quantitative estimate of drug-likeness (QED) is 0.682. The molecule has 1 aliphatic carbocycles. The number of carboxylic acid groups (broad SMARTS) is 1. The number of fused-ring (bicyclic) bond motifs is 1. The predicted molar refractivity (Wildman–Crippen MR) is 112 cm³/mol. The van der Waals surface area contributed by atoms with Crippen LogP contribution in [0.3, 0.4) is 0 Å². The molecule has 1 atom stereocenters. The Morgan fingerprint density at radius 1 is 1.00 bits per heavy atom. The van der Waals surface area contributed by atoms with Crippen molar-refractivity contribution in [2.75, 3.05) is 0 Å². The second kappa shape index (κ2) is 6.82. The Balaban J connectivity index is 1.93. The van der Waals surface area contributed by atoms with Crippen LogP contribution < -0.4 is 0 Å². The van der Waals surface area contributed by atoms with Gasteiger partial charge < -0.3 is 5.11 Å². The SMILES string of the molecule is Cc1cc2c(cc1C(C)Cc1ccc(C(=O)O)cc1)C(C)(C)CCC2(C)C. The summed E-state index contributed by atoms with van der Waals surface area (Å²) in [6, 6.07) is 12.2. The minimum Gasteiger partial charge on any atom is -0.478 e. The standard InChI is InChI=1S/C25H32O2/c1-16(13-18-7-9-19(10-8-18)23(26)27)20-15-22-21(14-17(20)2)24(3,4)11-12-25(22,5)6/h7-10,14-16H,11-13H2,1-6H3,(H,26,27). The van der Waals surface area contributed by atoms with Crippen molar-refractivity contribution in [3.63, 3.8) is 0 Å². The van der Waals surface area contributed by atoms with Crippen LogP contribution >= 0.6 is 0 Å². The number of aromatic carboxylic acids is 1. The van der Waals surface area contributed by atoms with Crippen LogP contribution in [0.15, 0.2) is 36.4 Å². The number of hydrogen-bond donors (Lipinski definition) is 1. The molecule has 2 aromatic carbocycles. The summed E-state index contributed by atoms with van der Waals surface area (Å²) < 4.78 is 0. The molecule has 144 valence electrons. The Hall–Kier alpha value is -2.09. The first-order valence-corrected chi connectivity index (χ1v) is 9.99. The van der Waals surface area contributed by atoms with E-state index in [-0.39, 0.29) is 10.8 Å². The molecule has 1 aliphatic rings. The molecule has 2 nitrogen and oxygen atoms in total. The van der Waals surface area contributed by atoms with E-state index in [1.54, 1.807) is 12.1 Å². The predicted octanol–water partition coefficient (Wildman–Crippen LogP) is 6.39. The minimum absolute atomic E-state index is 0.218. The lowest BCUT2D eigenvalue weighted by Gasteiger charge is -2.42. The summed E-state index contributed by atoms with van der Waals surface area (Å²) in [5.74, 6) is -0.475. The van der Waals surface area contributed by atoms with E-state index in [4.69, 9.17) is 5.11 Å². The van der Waals surface area contributed by atoms with Gasteiger partial charge in [-0.15, -0.1) is 0 Å². The number of aryl methyl sites for hydroxylation is 1. The van der Waals surface area contributed by atoms with Gasteiger partial charge in [-0.25, -0.2) is 4.79 Å². The van der Waals surface area contributed by atoms with Crippen molar-refractivity contribution >= 4 is 5.97 Å². The molecule has 27 heavy (non-hydrogen) atoms. The Kier molecular flexibility index (Phi) is 4.96. The molecule has 0 aliphatic heterocycles. The van der Waals surface area contributed by atoms with Crippen molar-refractivity contribution < 1.29 is 9.90 Å². The van der Waals surface area contributed by atoms with Gasteiger partial charge in [-0.2, -0.15) is 0 Å². The molecule has 0 fully saturated rings. The van der Waals surface area contributed by atoms with Crippen molar-refractivity contribution in [3.05, 3.63) is 69.8 Å². The topological polar surface area (TPSA) is 37.3 Å². The maximum atomic E-state index is 11.1. The first-order valence-electron chi connectivity index (χ1n) is 9.99. The van der Waals surface area contributed by atoms with E-state index in [1.807, 2.05) is 12.1 Å². The minimum atomic E-state index is -0.870. The second-order valence-corrected chi connectivity index (χ2v) is 9.63. The van der Waals surface area contributed by atoms with E-state index in [0.29, 0.717) is 11.5 Å². The maximum absolute atomic E-state index is 11.1. The highest BCUT2D eigenvalue weighted by Crippen LogP contribution is 2.47. The molecule has 0 radical (unpaired) electrons. The number of benzene rings is 2. The fourth-order valence-electron chi connectivity index (χ4n) is 4.52. The molecule has 2 heteroatoms. The van der Waals surface area contributed by atoms with E-state index in [0.717, 1.165) is 6.42 Å². The summed E-state index contributed by atoms with van der Waals surface area (Å²) in [5, 5.41) is 9.08. The normalized spacial score (nSPS) is 18.6. The lowest BCUT2D eigenvalue weighted by atomic mass is 9.62. The van der Waals surface area contributed by atoms with E-state index in [1.165, 1.54) is 40.7 Å². The van der Waals surface area contributed by atoms with Crippen LogP contribution in [0.2, 0.25) is 0 Å². The van der Waals surface area contributed by atoms with Gasteiger partial charge >= 0.3 is 5.97 Å². The molecule has 3 rings (SSSR count). The van der Waals surface area contributed by atoms with Crippen LogP contribution in [0.25, 0.3) is 0 Å². The summed E-state index contributed by atoms with van der Waals surface area (Å²) in [5.41, 5.74) is 7.80. The first-order chi connectivity index (χ1) is 12.5. The lowest BCUT2D eigenvalue weighted by Crippen LogP contribution is -2.34. The van der Waals surface area contributed by atoms with E-state index in [9.17, 15) is 4.79 Å². The number of hydrogen-bond acceptors (Lipinski definition) is 1. The molecule has 2 aromatic rings. The average Bonchev–Trinajstić information content (AvgIpc) is 2.59. The van der Waals surface area contributed by atoms with Gasteiger partial charge in [0.15, 0.2) is 0 Å². The van der Waals surface area contributed by atoms with Gasteiger partial charge in [0.25, 0.3) is 0 Å². The van der Waals surface area contributed by atoms with Crippen molar-refractivity contribution in [3.8, 4) is 0 Å². The smallest absolute Gasteiger partial charge is 0.335 e. The Morgan fingerprint density at radius 3 is 2.04 bits per heavy atom. The molecular weight excluding hydrogens is 332 g/mol. The Labute approximate surface area is 163 Å².